The Bertz CT molecular complexity index is 660. The summed E-state index contributed by atoms with van der Waals surface area (Å²) in [6.45, 7) is 4.24. The maximum Gasteiger partial charge on any atom is 0.291 e. The molecule has 1 N–H and O–H groups in total. The van der Waals surface area contributed by atoms with E-state index < -0.39 is 0 Å². The van der Waals surface area contributed by atoms with Gasteiger partial charge < -0.3 is 14.6 Å². The van der Waals surface area contributed by atoms with Gasteiger partial charge in [-0.1, -0.05) is 0 Å². The number of hydrogen-bond acceptors (Lipinski definition) is 3. The molecular weight excluding hydrogens is 332 g/mol. The minimum atomic E-state index is -0.238. The van der Waals surface area contributed by atoms with Crippen LogP contribution >= 0.6 is 15.9 Å². The van der Waals surface area contributed by atoms with Crippen LogP contribution < -0.4 is 10.2 Å². The molecule has 1 fully saturated rings. The normalized spacial score (nSPS) is 14.5. The van der Waals surface area contributed by atoms with Crippen molar-refractivity contribution in [2.75, 3.05) is 23.3 Å². The second kappa shape index (κ2) is 5.93. The molecule has 0 aliphatic carbocycles. The van der Waals surface area contributed by atoms with Gasteiger partial charge in [0.1, 0.15) is 0 Å². The van der Waals surface area contributed by atoms with Gasteiger partial charge in [-0.25, -0.2) is 0 Å². The Labute approximate surface area is 132 Å². The van der Waals surface area contributed by atoms with Crippen molar-refractivity contribution < 1.29 is 9.21 Å². The van der Waals surface area contributed by atoms with Gasteiger partial charge in [-0.15, -0.1) is 0 Å². The van der Waals surface area contributed by atoms with Crippen molar-refractivity contribution in [3.05, 3.63) is 46.3 Å². The molecule has 0 radical (unpaired) electrons. The van der Waals surface area contributed by atoms with Crippen LogP contribution in [-0.2, 0) is 0 Å². The van der Waals surface area contributed by atoms with E-state index in [4.69, 9.17) is 4.42 Å². The summed E-state index contributed by atoms with van der Waals surface area (Å²) >= 11 is 3.20. The van der Waals surface area contributed by atoms with Crippen molar-refractivity contribution in [2.24, 2.45) is 0 Å². The lowest BCUT2D eigenvalue weighted by molar-refractivity contribution is 0.0995. The second-order valence-electron chi connectivity index (χ2n) is 5.25. The number of carbonyl (C=O) groups excluding carboxylic acids is 1. The van der Waals surface area contributed by atoms with Crippen LogP contribution in [0.4, 0.5) is 11.4 Å². The van der Waals surface area contributed by atoms with Crippen LogP contribution in [0.1, 0.15) is 29.0 Å². The number of nitrogens with zero attached hydrogens (tertiary/aromatic N) is 1. The summed E-state index contributed by atoms with van der Waals surface area (Å²) in [6.07, 6.45) is 2.51. The molecular formula is C16H17BrN2O2. The van der Waals surface area contributed by atoms with Crippen molar-refractivity contribution >= 4 is 33.2 Å². The molecule has 21 heavy (non-hydrogen) atoms. The van der Waals surface area contributed by atoms with E-state index >= 15 is 0 Å². The van der Waals surface area contributed by atoms with Crippen LogP contribution in [0, 0.1) is 6.92 Å². The third-order valence-electron chi connectivity index (χ3n) is 3.73. The number of nitrogens with one attached hydrogen (secondary N) is 1. The quantitative estimate of drug-likeness (QED) is 0.903. The molecule has 1 aromatic carbocycles. The molecule has 3 rings (SSSR count). The van der Waals surface area contributed by atoms with E-state index in [1.54, 1.807) is 12.1 Å². The van der Waals surface area contributed by atoms with Crippen LogP contribution in [-0.4, -0.2) is 19.0 Å². The van der Waals surface area contributed by atoms with Gasteiger partial charge in [0.25, 0.3) is 5.91 Å². The number of furan rings is 1. The fourth-order valence-electron chi connectivity index (χ4n) is 2.58. The van der Waals surface area contributed by atoms with Crippen LogP contribution in [0.15, 0.2) is 39.4 Å². The van der Waals surface area contributed by atoms with E-state index in [-0.39, 0.29) is 5.91 Å². The highest BCUT2D eigenvalue weighted by Crippen LogP contribution is 2.26. The van der Waals surface area contributed by atoms with Gasteiger partial charge >= 0.3 is 0 Å². The minimum Gasteiger partial charge on any atom is -0.444 e. The zero-order valence-corrected chi connectivity index (χ0v) is 13.4. The SMILES string of the molecule is Cc1cc(N2CCCC2)ccc1NC(=O)c1ccc(Br)o1. The highest BCUT2D eigenvalue weighted by molar-refractivity contribution is 9.10. The van der Waals surface area contributed by atoms with Gasteiger partial charge in [-0.2, -0.15) is 0 Å². The molecule has 0 unspecified atom stereocenters. The summed E-state index contributed by atoms with van der Waals surface area (Å²) < 4.78 is 5.81. The Balaban J connectivity index is 1.75. The number of hydrogen-bond donors (Lipinski definition) is 1. The molecule has 0 spiro atoms. The van der Waals surface area contributed by atoms with Crippen LogP contribution in [0.3, 0.4) is 0 Å². The fraction of sp³-hybridized carbons (Fsp3) is 0.312. The molecule has 1 saturated heterocycles. The number of benzene rings is 1. The topological polar surface area (TPSA) is 45.5 Å². The lowest BCUT2D eigenvalue weighted by Gasteiger charge is -2.19. The first-order valence-corrected chi connectivity index (χ1v) is 7.85. The van der Waals surface area contributed by atoms with Gasteiger partial charge in [-0.3, -0.25) is 4.79 Å². The van der Waals surface area contributed by atoms with Crippen molar-refractivity contribution in [1.29, 1.82) is 0 Å². The standard InChI is InChI=1S/C16H17BrN2O2/c1-11-10-12(19-8-2-3-9-19)4-5-13(11)18-16(20)14-6-7-15(17)21-14/h4-7,10H,2-3,8-9H2,1H3,(H,18,20). The molecule has 110 valence electrons. The number of carbonyl (C=O) groups is 1. The molecule has 1 aliphatic heterocycles. The van der Waals surface area contributed by atoms with Crippen LogP contribution in [0.25, 0.3) is 0 Å². The molecule has 0 bridgehead atoms. The third kappa shape index (κ3) is 3.13. The van der Waals surface area contributed by atoms with Crippen molar-refractivity contribution in [3.8, 4) is 0 Å². The largest absolute Gasteiger partial charge is 0.444 e. The molecule has 2 aromatic rings. The second-order valence-corrected chi connectivity index (χ2v) is 6.03. The third-order valence-corrected chi connectivity index (χ3v) is 4.15. The summed E-state index contributed by atoms with van der Waals surface area (Å²) in [4.78, 5) is 14.5. The molecule has 4 nitrogen and oxygen atoms in total. The van der Waals surface area contributed by atoms with E-state index in [9.17, 15) is 4.79 Å². The molecule has 0 saturated carbocycles. The highest BCUT2D eigenvalue weighted by Gasteiger charge is 2.15. The van der Waals surface area contributed by atoms with E-state index in [1.807, 2.05) is 13.0 Å². The summed E-state index contributed by atoms with van der Waals surface area (Å²) in [5, 5.41) is 2.89. The molecule has 1 amide bonds. The minimum absolute atomic E-state index is 0.238. The lowest BCUT2D eigenvalue weighted by Crippen LogP contribution is -2.18. The summed E-state index contributed by atoms with van der Waals surface area (Å²) in [5.74, 6) is 0.0580. The van der Waals surface area contributed by atoms with Crippen LogP contribution in [0.5, 0.6) is 0 Å². The Morgan fingerprint density at radius 3 is 2.62 bits per heavy atom. The van der Waals surface area contributed by atoms with Gasteiger partial charge in [0.15, 0.2) is 10.4 Å². The van der Waals surface area contributed by atoms with E-state index in [1.165, 1.54) is 18.5 Å². The number of amides is 1. The average molecular weight is 349 g/mol. The zero-order chi connectivity index (χ0) is 14.8. The van der Waals surface area contributed by atoms with E-state index in [0.717, 1.165) is 24.3 Å². The zero-order valence-electron chi connectivity index (χ0n) is 11.9. The molecule has 2 heterocycles. The number of aryl methyl sites for hydroxylation is 1. The van der Waals surface area contributed by atoms with Crippen molar-refractivity contribution in [3.63, 3.8) is 0 Å². The van der Waals surface area contributed by atoms with E-state index in [0.29, 0.717) is 10.4 Å². The average Bonchev–Trinajstić information content (AvgIpc) is 3.12. The monoisotopic (exact) mass is 348 g/mol. The number of rotatable bonds is 3. The lowest BCUT2D eigenvalue weighted by atomic mass is 10.1. The Morgan fingerprint density at radius 2 is 2.00 bits per heavy atom. The Hall–Kier alpha value is -1.75. The predicted molar refractivity (Wildman–Crippen MR) is 87.0 cm³/mol. The first kappa shape index (κ1) is 14.2. The summed E-state index contributed by atoms with van der Waals surface area (Å²) in [6, 6.07) is 9.50. The van der Waals surface area contributed by atoms with Gasteiger partial charge in [0.2, 0.25) is 0 Å². The fourth-order valence-corrected chi connectivity index (χ4v) is 2.89. The van der Waals surface area contributed by atoms with Gasteiger partial charge in [0.05, 0.1) is 0 Å². The molecule has 5 heteroatoms. The van der Waals surface area contributed by atoms with Crippen LogP contribution in [0.2, 0.25) is 0 Å². The number of halogens is 1. The van der Waals surface area contributed by atoms with Gasteiger partial charge in [-0.05, 0) is 71.6 Å². The van der Waals surface area contributed by atoms with Crippen molar-refractivity contribution in [2.45, 2.75) is 19.8 Å². The molecule has 1 aliphatic rings. The Kier molecular flexibility index (Phi) is 4.01. The highest BCUT2D eigenvalue weighted by atomic mass is 79.9. The molecule has 0 atom stereocenters. The number of anilines is 2. The first-order chi connectivity index (χ1) is 10.1. The maximum absolute atomic E-state index is 12.1. The van der Waals surface area contributed by atoms with Crippen molar-refractivity contribution in [1.82, 2.24) is 0 Å². The molecule has 1 aromatic heterocycles. The van der Waals surface area contributed by atoms with E-state index in [2.05, 4.69) is 38.3 Å². The predicted octanol–water partition coefficient (Wildman–Crippen LogP) is 4.20. The first-order valence-electron chi connectivity index (χ1n) is 7.06. The maximum atomic E-state index is 12.1. The smallest absolute Gasteiger partial charge is 0.291 e. The summed E-state index contributed by atoms with van der Waals surface area (Å²) in [7, 11) is 0. The van der Waals surface area contributed by atoms with Gasteiger partial charge in [0, 0.05) is 24.5 Å². The summed E-state index contributed by atoms with van der Waals surface area (Å²) in [5.41, 5.74) is 3.09. The Morgan fingerprint density at radius 1 is 1.24 bits per heavy atom.